The van der Waals surface area contributed by atoms with E-state index in [-0.39, 0.29) is 6.10 Å². The molecule has 3 saturated carbocycles. The van der Waals surface area contributed by atoms with Crippen LogP contribution >= 0.6 is 0 Å². The average molecular weight is 385 g/mol. The minimum absolute atomic E-state index is 0.0813. The third-order valence-corrected chi connectivity index (χ3v) is 10.0. The molecule has 0 aromatic carbocycles. The van der Waals surface area contributed by atoms with Crippen LogP contribution in [-0.4, -0.2) is 11.2 Å². The van der Waals surface area contributed by atoms with E-state index in [9.17, 15) is 5.11 Å². The van der Waals surface area contributed by atoms with Crippen LogP contribution in [0.3, 0.4) is 0 Å². The van der Waals surface area contributed by atoms with Crippen LogP contribution in [0.1, 0.15) is 98.8 Å². The van der Waals surface area contributed by atoms with Gasteiger partial charge in [0.1, 0.15) is 0 Å². The second kappa shape index (κ2) is 7.60. The fourth-order valence-corrected chi connectivity index (χ4v) is 8.45. The number of rotatable bonds is 4. The summed E-state index contributed by atoms with van der Waals surface area (Å²) >= 11 is 0. The van der Waals surface area contributed by atoms with Crippen molar-refractivity contribution in [1.82, 2.24) is 0 Å². The van der Waals surface area contributed by atoms with E-state index in [0.29, 0.717) is 10.8 Å². The lowest BCUT2D eigenvalue weighted by atomic mass is 9.47. The molecule has 0 aliphatic heterocycles. The lowest BCUT2D eigenvalue weighted by Crippen LogP contribution is -2.50. The number of fused-ring (bicyclic) bond motifs is 5. The predicted molar refractivity (Wildman–Crippen MR) is 119 cm³/mol. The van der Waals surface area contributed by atoms with Crippen LogP contribution in [0.5, 0.6) is 0 Å². The van der Waals surface area contributed by atoms with Gasteiger partial charge in [-0.15, -0.1) is 0 Å². The van der Waals surface area contributed by atoms with Gasteiger partial charge in [-0.2, -0.15) is 0 Å². The molecule has 0 aromatic heterocycles. The van der Waals surface area contributed by atoms with Crippen LogP contribution in [0, 0.1) is 40.4 Å². The van der Waals surface area contributed by atoms with Gasteiger partial charge in [0.2, 0.25) is 0 Å². The van der Waals surface area contributed by atoms with Crippen LogP contribution in [0.2, 0.25) is 0 Å². The van der Waals surface area contributed by atoms with Crippen LogP contribution in [0.25, 0.3) is 0 Å². The van der Waals surface area contributed by atoms with Crippen molar-refractivity contribution in [2.45, 2.75) is 105 Å². The fourth-order valence-electron chi connectivity index (χ4n) is 8.45. The number of allylic oxidation sites excluding steroid dienone is 3. The summed E-state index contributed by atoms with van der Waals surface area (Å²) in [6.07, 6.45) is 17.9. The molecule has 28 heavy (non-hydrogen) atoms. The van der Waals surface area contributed by atoms with Gasteiger partial charge in [0.05, 0.1) is 6.10 Å². The highest BCUT2D eigenvalue weighted by atomic mass is 16.3. The molecule has 1 heteroatoms. The molecule has 1 unspecified atom stereocenters. The van der Waals surface area contributed by atoms with Gasteiger partial charge in [-0.05, 0) is 118 Å². The SMILES string of the molecule is CC(C)=CCC[C@@H](C)[C@H]1CC[C@H]2C3CC=C4C[C@@H](O)CC[C@]4(C)[C@H]3CC[C@]12C. The largest absolute Gasteiger partial charge is 0.393 e. The van der Waals surface area contributed by atoms with Crippen LogP contribution in [0.15, 0.2) is 23.3 Å². The minimum Gasteiger partial charge on any atom is -0.393 e. The normalized spacial score (nSPS) is 46.1. The first-order chi connectivity index (χ1) is 13.3. The van der Waals surface area contributed by atoms with Gasteiger partial charge in [-0.25, -0.2) is 0 Å². The Hall–Kier alpha value is -0.560. The van der Waals surface area contributed by atoms with Crippen molar-refractivity contribution in [3.05, 3.63) is 23.3 Å². The summed E-state index contributed by atoms with van der Waals surface area (Å²) < 4.78 is 0. The van der Waals surface area contributed by atoms with Crippen LogP contribution in [0.4, 0.5) is 0 Å². The van der Waals surface area contributed by atoms with E-state index in [2.05, 4.69) is 46.8 Å². The molecule has 4 rings (SSSR count). The Morgan fingerprint density at radius 1 is 1.14 bits per heavy atom. The first-order valence-electron chi connectivity index (χ1n) is 12.3. The van der Waals surface area contributed by atoms with Crippen molar-refractivity contribution in [2.24, 2.45) is 40.4 Å². The van der Waals surface area contributed by atoms with E-state index in [4.69, 9.17) is 0 Å². The van der Waals surface area contributed by atoms with E-state index in [1.54, 1.807) is 5.57 Å². The Kier molecular flexibility index (Phi) is 5.62. The van der Waals surface area contributed by atoms with Crippen LogP contribution in [-0.2, 0) is 0 Å². The van der Waals surface area contributed by atoms with Crippen molar-refractivity contribution < 1.29 is 5.11 Å². The van der Waals surface area contributed by atoms with Gasteiger partial charge in [0, 0.05) is 0 Å². The van der Waals surface area contributed by atoms with E-state index in [1.165, 1.54) is 56.9 Å². The average Bonchev–Trinajstić information content (AvgIpc) is 2.99. The Balaban J connectivity index is 1.51. The van der Waals surface area contributed by atoms with Gasteiger partial charge < -0.3 is 5.11 Å². The van der Waals surface area contributed by atoms with Gasteiger partial charge in [0.15, 0.2) is 0 Å². The summed E-state index contributed by atoms with van der Waals surface area (Å²) in [5.41, 5.74) is 4.04. The highest BCUT2D eigenvalue weighted by Gasteiger charge is 2.58. The molecule has 0 bridgehead atoms. The molecule has 0 radical (unpaired) electrons. The first kappa shape index (κ1) is 20.7. The van der Waals surface area contributed by atoms with Gasteiger partial charge in [-0.1, -0.05) is 44.1 Å². The zero-order valence-corrected chi connectivity index (χ0v) is 19.1. The van der Waals surface area contributed by atoms with Crippen molar-refractivity contribution >= 4 is 0 Å². The lowest BCUT2D eigenvalue weighted by Gasteiger charge is -2.58. The Morgan fingerprint density at radius 3 is 2.68 bits per heavy atom. The van der Waals surface area contributed by atoms with E-state index < -0.39 is 0 Å². The number of aliphatic hydroxyl groups excluding tert-OH is 1. The van der Waals surface area contributed by atoms with E-state index in [1.807, 2.05) is 0 Å². The number of aliphatic hydroxyl groups is 1. The maximum Gasteiger partial charge on any atom is 0.0577 e. The number of hydrogen-bond donors (Lipinski definition) is 1. The van der Waals surface area contributed by atoms with Gasteiger partial charge in [0.25, 0.3) is 0 Å². The Morgan fingerprint density at radius 2 is 1.93 bits per heavy atom. The molecular weight excluding hydrogens is 340 g/mol. The molecule has 3 fully saturated rings. The van der Waals surface area contributed by atoms with Crippen molar-refractivity contribution in [1.29, 1.82) is 0 Å². The second-order valence-corrected chi connectivity index (χ2v) is 11.7. The number of hydrogen-bond acceptors (Lipinski definition) is 1. The van der Waals surface area contributed by atoms with E-state index >= 15 is 0 Å². The Bertz CT molecular complexity index is 641. The van der Waals surface area contributed by atoms with Gasteiger partial charge >= 0.3 is 0 Å². The van der Waals surface area contributed by atoms with Crippen LogP contribution < -0.4 is 0 Å². The molecule has 0 amide bonds. The minimum atomic E-state index is -0.0813. The molecule has 0 heterocycles. The first-order valence-corrected chi connectivity index (χ1v) is 12.3. The van der Waals surface area contributed by atoms with Crippen molar-refractivity contribution in [2.75, 3.05) is 0 Å². The molecule has 0 spiro atoms. The summed E-state index contributed by atoms with van der Waals surface area (Å²) in [6, 6.07) is 0. The maximum absolute atomic E-state index is 10.2. The second-order valence-electron chi connectivity index (χ2n) is 11.7. The molecule has 4 aliphatic carbocycles. The molecular formula is C27H44O. The topological polar surface area (TPSA) is 20.2 Å². The zero-order valence-electron chi connectivity index (χ0n) is 19.1. The molecule has 8 atom stereocenters. The highest BCUT2D eigenvalue weighted by Crippen LogP contribution is 2.67. The monoisotopic (exact) mass is 384 g/mol. The highest BCUT2D eigenvalue weighted by molar-refractivity contribution is 5.25. The van der Waals surface area contributed by atoms with Crippen molar-refractivity contribution in [3.8, 4) is 0 Å². The lowest BCUT2D eigenvalue weighted by molar-refractivity contribution is -0.0571. The molecule has 158 valence electrons. The quantitative estimate of drug-likeness (QED) is 0.504. The molecule has 1 nitrogen and oxygen atoms in total. The van der Waals surface area contributed by atoms with E-state index in [0.717, 1.165) is 42.4 Å². The Labute approximate surface area is 174 Å². The summed E-state index contributed by atoms with van der Waals surface area (Å²) in [6.45, 7) is 12.2. The third-order valence-electron chi connectivity index (χ3n) is 10.0. The maximum atomic E-state index is 10.2. The summed E-state index contributed by atoms with van der Waals surface area (Å²) in [5, 5.41) is 10.2. The van der Waals surface area contributed by atoms with Gasteiger partial charge in [-0.3, -0.25) is 0 Å². The molecule has 1 N–H and O–H groups in total. The zero-order chi connectivity index (χ0) is 20.1. The molecule has 4 aliphatic rings. The third kappa shape index (κ3) is 3.34. The summed E-state index contributed by atoms with van der Waals surface area (Å²) in [5.74, 6) is 4.49. The molecule has 0 aromatic rings. The summed E-state index contributed by atoms with van der Waals surface area (Å²) in [4.78, 5) is 0. The van der Waals surface area contributed by atoms with Crippen molar-refractivity contribution in [3.63, 3.8) is 0 Å². The molecule has 0 saturated heterocycles. The smallest absolute Gasteiger partial charge is 0.0577 e. The predicted octanol–water partition coefficient (Wildman–Crippen LogP) is 7.31. The summed E-state index contributed by atoms with van der Waals surface area (Å²) in [7, 11) is 0. The fraction of sp³-hybridized carbons (Fsp3) is 0.852. The standard InChI is InChI=1S/C27H44O/c1-18(2)7-6-8-19(3)23-11-12-24-22-10-9-20-17-21(28)13-15-26(20,4)25(22)14-16-27(23,24)5/h7,9,19,21-25,28H,6,8,10-17H2,1-5H3/t19-,21+,22?,23-,24+,25+,26+,27-/m1/s1.